The highest BCUT2D eigenvalue weighted by Gasteiger charge is 2.34. The average molecular weight is 579 g/mol. The minimum Gasteiger partial charge on any atom is -0.465 e. The topological polar surface area (TPSA) is 90.0 Å². The van der Waals surface area contributed by atoms with Gasteiger partial charge in [-0.2, -0.15) is 18.4 Å². The minimum atomic E-state index is -4.60. The summed E-state index contributed by atoms with van der Waals surface area (Å²) in [6.07, 6.45) is -0.783. The molecule has 7 nitrogen and oxygen atoms in total. The van der Waals surface area contributed by atoms with Gasteiger partial charge in [-0.1, -0.05) is 24.3 Å². The second kappa shape index (κ2) is 13.2. The molecule has 2 heterocycles. The number of benzene rings is 2. The number of ether oxygens (including phenoxy) is 2. The zero-order chi connectivity index (χ0) is 26.6. The Morgan fingerprint density at radius 2 is 1.82 bits per heavy atom. The van der Waals surface area contributed by atoms with Crippen LogP contribution >= 0.6 is 24.8 Å². The maximum atomic E-state index is 13.8. The molecule has 0 bridgehead atoms. The van der Waals surface area contributed by atoms with Crippen molar-refractivity contribution in [2.75, 3.05) is 7.11 Å². The Kier molecular flexibility index (Phi) is 10.6. The van der Waals surface area contributed by atoms with Gasteiger partial charge in [0.1, 0.15) is 6.10 Å². The number of rotatable bonds is 7. The van der Waals surface area contributed by atoms with Gasteiger partial charge in [-0.3, -0.25) is 4.98 Å². The number of hydrogen-bond acceptors (Lipinski definition) is 6. The molecule has 0 aliphatic rings. The fourth-order valence-corrected chi connectivity index (χ4v) is 3.90. The van der Waals surface area contributed by atoms with E-state index >= 15 is 0 Å². The lowest BCUT2D eigenvalue weighted by Crippen LogP contribution is -2.12. The van der Waals surface area contributed by atoms with Gasteiger partial charge >= 0.3 is 12.1 Å². The first kappa shape index (κ1) is 31.3. The summed E-state index contributed by atoms with van der Waals surface area (Å²) in [5.74, 6) is -0.517. The highest BCUT2D eigenvalue weighted by atomic mass is 35.5. The second-order valence-corrected chi connectivity index (χ2v) is 8.11. The number of halogens is 5. The summed E-state index contributed by atoms with van der Waals surface area (Å²) in [5, 5.41) is 9.64. The number of carbonyl (C=O) groups excluding carboxylic acids is 1. The van der Waals surface area contributed by atoms with Crippen LogP contribution in [0.1, 0.15) is 44.5 Å². The van der Waals surface area contributed by atoms with E-state index in [1.54, 1.807) is 42.3 Å². The van der Waals surface area contributed by atoms with E-state index in [2.05, 4.69) is 14.7 Å². The van der Waals surface area contributed by atoms with Crippen LogP contribution in [0.4, 0.5) is 13.2 Å². The number of alkyl halides is 3. The average Bonchev–Trinajstić information content (AvgIpc) is 3.33. The third kappa shape index (κ3) is 6.95. The summed E-state index contributed by atoms with van der Waals surface area (Å²) in [7, 11) is 3.04. The van der Waals surface area contributed by atoms with Crippen LogP contribution in [-0.2, 0) is 29.3 Å². The first-order valence-corrected chi connectivity index (χ1v) is 11.0. The largest absolute Gasteiger partial charge is 0.465 e. The van der Waals surface area contributed by atoms with Crippen molar-refractivity contribution in [3.8, 4) is 17.2 Å². The molecule has 1 atom stereocenters. The number of pyridine rings is 1. The number of hydrogen-bond donors (Lipinski definition) is 0. The van der Waals surface area contributed by atoms with Crippen LogP contribution in [0.3, 0.4) is 0 Å². The molecule has 0 aliphatic heterocycles. The number of esters is 1. The Labute approximate surface area is 235 Å². The van der Waals surface area contributed by atoms with Crippen molar-refractivity contribution < 1.29 is 27.4 Å². The zero-order valence-electron chi connectivity index (χ0n) is 20.7. The smallest absolute Gasteiger partial charge is 0.417 e. The lowest BCUT2D eigenvalue weighted by Gasteiger charge is -2.21. The van der Waals surface area contributed by atoms with Crippen molar-refractivity contribution in [3.05, 3.63) is 107 Å². The summed E-state index contributed by atoms with van der Waals surface area (Å²) < 4.78 is 53.9. The second-order valence-electron chi connectivity index (χ2n) is 8.11. The van der Waals surface area contributed by atoms with Crippen molar-refractivity contribution in [1.29, 1.82) is 5.26 Å². The quantitative estimate of drug-likeness (QED) is 0.239. The van der Waals surface area contributed by atoms with E-state index < -0.39 is 23.8 Å². The summed E-state index contributed by atoms with van der Waals surface area (Å²) in [6.45, 7) is 0.0335. The lowest BCUT2D eigenvalue weighted by molar-refractivity contribution is -0.137. The van der Waals surface area contributed by atoms with Crippen LogP contribution < -0.4 is 0 Å². The Morgan fingerprint density at radius 3 is 2.41 bits per heavy atom. The van der Waals surface area contributed by atoms with E-state index in [-0.39, 0.29) is 53.7 Å². The van der Waals surface area contributed by atoms with Crippen LogP contribution in [-0.4, -0.2) is 27.6 Å². The van der Waals surface area contributed by atoms with Gasteiger partial charge in [-0.05, 0) is 41.5 Å². The summed E-state index contributed by atoms with van der Waals surface area (Å²) in [6, 6.07) is 15.0. The maximum Gasteiger partial charge on any atom is 0.417 e. The first-order valence-electron chi connectivity index (χ1n) is 11.0. The first-order chi connectivity index (χ1) is 17.7. The predicted octanol–water partition coefficient (Wildman–Crippen LogP) is 6.31. The molecule has 0 radical (unpaired) electrons. The van der Waals surface area contributed by atoms with Gasteiger partial charge in [0, 0.05) is 18.8 Å². The minimum absolute atomic E-state index is 0. The molecule has 39 heavy (non-hydrogen) atoms. The van der Waals surface area contributed by atoms with Crippen LogP contribution in [0.5, 0.6) is 0 Å². The van der Waals surface area contributed by atoms with Gasteiger partial charge in [-0.15, -0.1) is 24.8 Å². The third-order valence-corrected chi connectivity index (χ3v) is 5.76. The molecule has 4 rings (SSSR count). The van der Waals surface area contributed by atoms with Crippen LogP contribution in [0.2, 0.25) is 0 Å². The monoisotopic (exact) mass is 578 g/mol. The van der Waals surface area contributed by atoms with E-state index in [1.807, 2.05) is 6.07 Å². The van der Waals surface area contributed by atoms with E-state index in [0.29, 0.717) is 17.0 Å². The number of nitrogens with zero attached hydrogens (tertiary/aromatic N) is 4. The summed E-state index contributed by atoms with van der Waals surface area (Å²) in [5.41, 5.74) is 1.29. The standard InChI is InChI=1S/C27H21F3N4O3.2ClH/c1-34-16-32-14-24(34)25(37-15-20-10-9-19(13-33-20)26(35)36-2)17-7-8-18(12-31)22(11-17)21-5-3-4-6-23(21)27(28,29)30;;/h3-11,13-14,16,25H,15H2,1-2H3;2*1H. The molecule has 2 aromatic heterocycles. The fraction of sp³-hybridized carbons (Fsp3) is 0.185. The summed E-state index contributed by atoms with van der Waals surface area (Å²) >= 11 is 0. The van der Waals surface area contributed by atoms with E-state index in [0.717, 1.165) is 6.07 Å². The molecule has 4 aromatic rings. The van der Waals surface area contributed by atoms with Gasteiger partial charge in [-0.25, -0.2) is 9.78 Å². The molecule has 0 amide bonds. The Bertz CT molecular complexity index is 1470. The fourth-order valence-electron chi connectivity index (χ4n) is 3.90. The SMILES string of the molecule is COC(=O)c1ccc(COC(c2ccc(C#N)c(-c3ccccc3C(F)(F)F)c2)c2cncn2C)nc1.Cl.Cl. The number of carbonyl (C=O) groups is 1. The third-order valence-electron chi connectivity index (χ3n) is 5.76. The van der Waals surface area contributed by atoms with Gasteiger partial charge in [0.05, 0.1) is 60.4 Å². The number of aryl methyl sites for hydroxylation is 1. The normalized spacial score (nSPS) is 11.5. The number of nitriles is 1. The molecule has 0 saturated carbocycles. The van der Waals surface area contributed by atoms with Crippen molar-refractivity contribution >= 4 is 30.8 Å². The van der Waals surface area contributed by atoms with Crippen molar-refractivity contribution in [1.82, 2.24) is 14.5 Å². The van der Waals surface area contributed by atoms with Crippen molar-refractivity contribution in [3.63, 3.8) is 0 Å². The predicted molar refractivity (Wildman–Crippen MR) is 142 cm³/mol. The molecule has 0 N–H and O–H groups in total. The number of aromatic nitrogens is 3. The summed E-state index contributed by atoms with van der Waals surface area (Å²) in [4.78, 5) is 20.0. The van der Waals surface area contributed by atoms with E-state index in [1.165, 1.54) is 43.6 Å². The lowest BCUT2D eigenvalue weighted by atomic mass is 9.92. The maximum absolute atomic E-state index is 13.8. The molecule has 0 spiro atoms. The molecule has 12 heteroatoms. The molecule has 1 unspecified atom stereocenters. The Balaban J connectivity index is 0.00000267. The molecule has 2 aromatic carbocycles. The van der Waals surface area contributed by atoms with Crippen molar-refractivity contribution in [2.24, 2.45) is 7.05 Å². The Morgan fingerprint density at radius 1 is 1.08 bits per heavy atom. The van der Waals surface area contributed by atoms with Gasteiger partial charge in [0.2, 0.25) is 0 Å². The molecular weight excluding hydrogens is 556 g/mol. The van der Waals surface area contributed by atoms with E-state index in [9.17, 15) is 23.2 Å². The van der Waals surface area contributed by atoms with Gasteiger partial charge < -0.3 is 14.0 Å². The van der Waals surface area contributed by atoms with Gasteiger partial charge in [0.15, 0.2) is 0 Å². The van der Waals surface area contributed by atoms with E-state index in [4.69, 9.17) is 4.74 Å². The van der Waals surface area contributed by atoms with Gasteiger partial charge in [0.25, 0.3) is 0 Å². The molecule has 204 valence electrons. The highest BCUT2D eigenvalue weighted by molar-refractivity contribution is 5.88. The molecule has 0 saturated heterocycles. The Hall–Kier alpha value is -3.91. The van der Waals surface area contributed by atoms with Crippen LogP contribution in [0, 0.1) is 11.3 Å². The molecule has 0 aliphatic carbocycles. The van der Waals surface area contributed by atoms with Crippen molar-refractivity contribution in [2.45, 2.75) is 18.9 Å². The zero-order valence-corrected chi connectivity index (χ0v) is 22.3. The number of imidazole rings is 1. The van der Waals surface area contributed by atoms with Crippen LogP contribution in [0.15, 0.2) is 73.3 Å². The molecule has 0 fully saturated rings. The molecular formula is C27H23Cl2F3N4O3. The number of methoxy groups -OCH3 is 1. The highest BCUT2D eigenvalue weighted by Crippen LogP contribution is 2.39. The van der Waals surface area contributed by atoms with Crippen LogP contribution in [0.25, 0.3) is 11.1 Å².